The molecule has 2 aromatic carbocycles. The number of benzene rings is 2. The highest BCUT2D eigenvalue weighted by Crippen LogP contribution is 2.23. The quantitative estimate of drug-likeness (QED) is 0.349. The first-order chi connectivity index (χ1) is 16.9. The highest BCUT2D eigenvalue weighted by atomic mass is 35.5. The van der Waals surface area contributed by atoms with Crippen LogP contribution in [0.25, 0.3) is 0 Å². The van der Waals surface area contributed by atoms with Crippen molar-refractivity contribution in [2.75, 3.05) is 5.32 Å². The Morgan fingerprint density at radius 2 is 1.80 bits per heavy atom. The number of hydrogen-bond donors (Lipinski definition) is 1. The van der Waals surface area contributed by atoms with E-state index in [4.69, 9.17) is 16.3 Å². The van der Waals surface area contributed by atoms with Gasteiger partial charge in [0.15, 0.2) is 0 Å². The van der Waals surface area contributed by atoms with Gasteiger partial charge >= 0.3 is 0 Å². The lowest BCUT2D eigenvalue weighted by Gasteiger charge is -2.15. The zero-order valence-electron chi connectivity index (χ0n) is 19.4. The summed E-state index contributed by atoms with van der Waals surface area (Å²) < 4.78 is 7.27. The molecule has 0 aliphatic rings. The lowest BCUT2D eigenvalue weighted by atomic mass is 10.1. The van der Waals surface area contributed by atoms with Crippen LogP contribution >= 0.6 is 11.6 Å². The molecule has 2 aromatic heterocycles. The van der Waals surface area contributed by atoms with Crippen LogP contribution in [0.4, 0.5) is 11.6 Å². The number of carbonyl (C=O) groups excluding carboxylic acids is 1. The van der Waals surface area contributed by atoms with Crippen molar-refractivity contribution >= 4 is 29.0 Å². The second-order valence-corrected chi connectivity index (χ2v) is 8.38. The number of aromatic nitrogens is 4. The molecule has 0 atom stereocenters. The fourth-order valence-electron chi connectivity index (χ4n) is 3.36. The van der Waals surface area contributed by atoms with E-state index in [9.17, 15) is 9.59 Å². The number of hydrogen-bond acceptors (Lipinski definition) is 7. The fourth-order valence-corrected chi connectivity index (χ4v) is 3.48. The van der Waals surface area contributed by atoms with Crippen molar-refractivity contribution in [1.29, 1.82) is 0 Å². The van der Waals surface area contributed by atoms with Gasteiger partial charge in [-0.3, -0.25) is 19.1 Å². The van der Waals surface area contributed by atoms with Gasteiger partial charge in [0.1, 0.15) is 11.5 Å². The fraction of sp³-hybridized carbons (Fsp3) is 0.192. The number of nitrogens with one attached hydrogen (secondary N) is 1. The average molecular weight is 490 g/mol. The second-order valence-electron chi connectivity index (χ2n) is 7.94. The summed E-state index contributed by atoms with van der Waals surface area (Å²) in [6.45, 7) is 3.89. The molecule has 9 heteroatoms. The van der Waals surface area contributed by atoms with E-state index in [-0.39, 0.29) is 24.3 Å². The van der Waals surface area contributed by atoms with Gasteiger partial charge < -0.3 is 10.1 Å². The van der Waals surface area contributed by atoms with Crippen molar-refractivity contribution in [2.45, 2.75) is 33.2 Å². The highest BCUT2D eigenvalue weighted by molar-refractivity contribution is 6.30. The number of rotatable bonds is 9. The van der Waals surface area contributed by atoms with Crippen LogP contribution in [0.5, 0.6) is 11.6 Å². The summed E-state index contributed by atoms with van der Waals surface area (Å²) in [5.74, 6) is 1.34. The molecule has 0 fully saturated rings. The molecule has 0 radical (unpaired) electrons. The van der Waals surface area contributed by atoms with Crippen molar-refractivity contribution in [3.63, 3.8) is 0 Å². The Balaban J connectivity index is 1.60. The SMILES string of the molecule is CCC(=O)Cc1cnc(Nc2ccc(Oc3cncc(C)n3)cc2)n(Cc2ccc(Cl)cc2)c1=O. The van der Waals surface area contributed by atoms with Crippen LogP contribution in [-0.4, -0.2) is 25.3 Å². The van der Waals surface area contributed by atoms with Crippen LogP contribution in [0.15, 0.2) is 71.9 Å². The summed E-state index contributed by atoms with van der Waals surface area (Å²) in [7, 11) is 0. The van der Waals surface area contributed by atoms with Gasteiger partial charge in [-0.25, -0.2) is 9.97 Å². The molecule has 0 aliphatic carbocycles. The van der Waals surface area contributed by atoms with E-state index in [2.05, 4.69) is 20.3 Å². The van der Waals surface area contributed by atoms with Crippen LogP contribution in [0, 0.1) is 6.92 Å². The normalized spacial score (nSPS) is 10.7. The summed E-state index contributed by atoms with van der Waals surface area (Å²) in [5.41, 5.74) is 2.44. The van der Waals surface area contributed by atoms with Gasteiger partial charge in [-0.15, -0.1) is 0 Å². The van der Waals surface area contributed by atoms with Gasteiger partial charge in [-0.2, -0.15) is 0 Å². The number of ether oxygens (including phenoxy) is 1. The van der Waals surface area contributed by atoms with Gasteiger partial charge in [0, 0.05) is 41.5 Å². The number of halogens is 1. The predicted octanol–water partition coefficient (Wildman–Crippen LogP) is 5.10. The third-order valence-electron chi connectivity index (χ3n) is 5.22. The molecule has 2 heterocycles. The largest absolute Gasteiger partial charge is 0.437 e. The smallest absolute Gasteiger partial charge is 0.258 e. The Morgan fingerprint density at radius 1 is 1.06 bits per heavy atom. The minimum Gasteiger partial charge on any atom is -0.437 e. The molecule has 0 spiro atoms. The molecule has 178 valence electrons. The first-order valence-corrected chi connectivity index (χ1v) is 11.5. The summed E-state index contributed by atoms with van der Waals surface area (Å²) in [4.78, 5) is 38.0. The van der Waals surface area contributed by atoms with Crippen LogP contribution in [-0.2, 0) is 17.8 Å². The van der Waals surface area contributed by atoms with Crippen molar-refractivity contribution < 1.29 is 9.53 Å². The van der Waals surface area contributed by atoms with Crippen molar-refractivity contribution in [3.05, 3.63) is 99.3 Å². The maximum absolute atomic E-state index is 13.3. The van der Waals surface area contributed by atoms with Crippen LogP contribution in [0.1, 0.15) is 30.2 Å². The Labute approximate surface area is 207 Å². The Morgan fingerprint density at radius 3 is 2.49 bits per heavy atom. The number of nitrogens with zero attached hydrogens (tertiary/aromatic N) is 4. The molecule has 0 amide bonds. The third kappa shape index (κ3) is 6.30. The maximum Gasteiger partial charge on any atom is 0.258 e. The molecule has 0 unspecified atom stereocenters. The van der Waals surface area contributed by atoms with Gasteiger partial charge in [0.2, 0.25) is 11.8 Å². The molecule has 0 aliphatic heterocycles. The van der Waals surface area contributed by atoms with E-state index in [1.54, 1.807) is 43.6 Å². The molecule has 8 nitrogen and oxygen atoms in total. The van der Waals surface area contributed by atoms with E-state index < -0.39 is 0 Å². The predicted molar refractivity (Wildman–Crippen MR) is 135 cm³/mol. The number of carbonyl (C=O) groups is 1. The van der Waals surface area contributed by atoms with E-state index in [1.165, 1.54) is 10.8 Å². The maximum atomic E-state index is 13.3. The topological polar surface area (TPSA) is 99.0 Å². The molecular formula is C26H24ClN5O3. The van der Waals surface area contributed by atoms with Crippen LogP contribution < -0.4 is 15.6 Å². The average Bonchev–Trinajstić information content (AvgIpc) is 2.85. The molecule has 4 rings (SSSR count). The standard InChI is InChI=1S/C26H24ClN5O3/c1-3-22(33)12-19-14-29-26(32(25(19)34)16-18-4-6-20(27)7-5-18)31-21-8-10-23(11-9-21)35-24-15-28-13-17(2)30-24/h4-11,13-15H,3,12,16H2,1-2H3,(H,29,31). The number of ketones is 1. The Bertz CT molecular complexity index is 1390. The number of Topliss-reactive ketones (excluding diaryl/α,β-unsaturated/α-hetero) is 1. The van der Waals surface area contributed by atoms with Gasteiger partial charge in [0.25, 0.3) is 5.56 Å². The van der Waals surface area contributed by atoms with Gasteiger partial charge in [-0.05, 0) is 48.9 Å². The van der Waals surface area contributed by atoms with Crippen molar-refractivity contribution in [3.8, 4) is 11.6 Å². The molecule has 1 N–H and O–H groups in total. The summed E-state index contributed by atoms with van der Waals surface area (Å²) in [5, 5.41) is 3.81. The van der Waals surface area contributed by atoms with Gasteiger partial charge in [0.05, 0.1) is 18.4 Å². The molecule has 0 bridgehead atoms. The Hall–Kier alpha value is -4.04. The van der Waals surface area contributed by atoms with E-state index >= 15 is 0 Å². The van der Waals surface area contributed by atoms with E-state index in [0.29, 0.717) is 40.3 Å². The monoisotopic (exact) mass is 489 g/mol. The minimum absolute atomic E-state index is 0.0171. The third-order valence-corrected chi connectivity index (χ3v) is 5.47. The highest BCUT2D eigenvalue weighted by Gasteiger charge is 2.14. The zero-order chi connectivity index (χ0) is 24.8. The lowest BCUT2D eigenvalue weighted by Crippen LogP contribution is -2.28. The molecule has 35 heavy (non-hydrogen) atoms. The van der Waals surface area contributed by atoms with E-state index in [1.807, 2.05) is 31.2 Å². The van der Waals surface area contributed by atoms with Crippen LogP contribution in [0.2, 0.25) is 5.02 Å². The number of anilines is 2. The van der Waals surface area contributed by atoms with Crippen molar-refractivity contribution in [2.24, 2.45) is 0 Å². The second kappa shape index (κ2) is 10.9. The zero-order valence-corrected chi connectivity index (χ0v) is 20.1. The lowest BCUT2D eigenvalue weighted by molar-refractivity contribution is -0.118. The summed E-state index contributed by atoms with van der Waals surface area (Å²) >= 11 is 6.01. The molecule has 0 saturated heterocycles. The summed E-state index contributed by atoms with van der Waals surface area (Å²) in [6, 6.07) is 14.4. The van der Waals surface area contributed by atoms with Crippen molar-refractivity contribution in [1.82, 2.24) is 19.5 Å². The molecule has 4 aromatic rings. The first-order valence-electron chi connectivity index (χ1n) is 11.1. The first kappa shape index (κ1) is 24.1. The van der Waals surface area contributed by atoms with Crippen LogP contribution in [0.3, 0.4) is 0 Å². The molecular weight excluding hydrogens is 466 g/mol. The Kier molecular flexibility index (Phi) is 7.52. The minimum atomic E-state index is -0.266. The number of aryl methyl sites for hydroxylation is 1. The van der Waals surface area contributed by atoms with Gasteiger partial charge in [-0.1, -0.05) is 30.7 Å². The molecule has 0 saturated carbocycles. The summed E-state index contributed by atoms with van der Waals surface area (Å²) in [6.07, 6.45) is 5.07. The van der Waals surface area contributed by atoms with E-state index in [0.717, 1.165) is 11.3 Å².